The van der Waals surface area contributed by atoms with Crippen molar-refractivity contribution in [1.29, 1.82) is 0 Å². The van der Waals surface area contributed by atoms with Gasteiger partial charge in [0, 0.05) is 31.5 Å². The zero-order valence-electron chi connectivity index (χ0n) is 9.58. The van der Waals surface area contributed by atoms with Gasteiger partial charge in [0.2, 0.25) is 0 Å². The summed E-state index contributed by atoms with van der Waals surface area (Å²) in [5.41, 5.74) is 6.23. The summed E-state index contributed by atoms with van der Waals surface area (Å²) in [5.74, 6) is 2.57. The fraction of sp³-hybridized carbons (Fsp3) is 1.00. The molecule has 4 heteroatoms. The van der Waals surface area contributed by atoms with E-state index in [0.717, 1.165) is 19.4 Å². The standard InChI is InChI=1S/C11H22N2OS/c1-14-10-7-11(8-10,9-12)13-3-2-5-15-6-4-13/h10H,2-9,12H2,1H3. The van der Waals surface area contributed by atoms with Gasteiger partial charge in [-0.3, -0.25) is 4.90 Å². The van der Waals surface area contributed by atoms with Gasteiger partial charge in [-0.15, -0.1) is 0 Å². The first-order valence-corrected chi connectivity index (χ1v) is 7.02. The Morgan fingerprint density at radius 3 is 2.87 bits per heavy atom. The van der Waals surface area contributed by atoms with Crippen molar-refractivity contribution in [1.82, 2.24) is 4.90 Å². The summed E-state index contributed by atoms with van der Waals surface area (Å²) in [6.07, 6.45) is 4.02. The molecule has 1 aliphatic carbocycles. The maximum Gasteiger partial charge on any atom is 0.0607 e. The SMILES string of the molecule is COC1CC(CN)(N2CCCSCC2)C1. The van der Waals surface area contributed by atoms with E-state index in [1.807, 2.05) is 7.11 Å². The molecule has 3 nitrogen and oxygen atoms in total. The van der Waals surface area contributed by atoms with Gasteiger partial charge < -0.3 is 10.5 Å². The van der Waals surface area contributed by atoms with Gasteiger partial charge in [-0.2, -0.15) is 11.8 Å². The molecule has 0 unspecified atom stereocenters. The van der Waals surface area contributed by atoms with Crippen LogP contribution in [0.15, 0.2) is 0 Å². The fourth-order valence-electron chi connectivity index (χ4n) is 2.73. The first-order valence-electron chi connectivity index (χ1n) is 5.86. The average Bonchev–Trinajstić information content (AvgIpc) is 2.47. The van der Waals surface area contributed by atoms with E-state index in [2.05, 4.69) is 16.7 Å². The summed E-state index contributed by atoms with van der Waals surface area (Å²) in [6, 6.07) is 0. The van der Waals surface area contributed by atoms with Gasteiger partial charge >= 0.3 is 0 Å². The molecule has 0 atom stereocenters. The average molecular weight is 230 g/mol. The highest BCUT2D eigenvalue weighted by atomic mass is 32.2. The summed E-state index contributed by atoms with van der Waals surface area (Å²) in [4.78, 5) is 2.61. The van der Waals surface area contributed by atoms with Crippen molar-refractivity contribution < 1.29 is 4.74 Å². The number of hydrogen-bond donors (Lipinski definition) is 1. The van der Waals surface area contributed by atoms with Crippen LogP contribution >= 0.6 is 11.8 Å². The predicted molar refractivity (Wildman–Crippen MR) is 65.3 cm³/mol. The first kappa shape index (κ1) is 11.7. The highest BCUT2D eigenvalue weighted by molar-refractivity contribution is 7.99. The molecular formula is C11H22N2OS. The second kappa shape index (κ2) is 5.04. The van der Waals surface area contributed by atoms with Gasteiger partial charge in [0.25, 0.3) is 0 Å². The van der Waals surface area contributed by atoms with Crippen LogP contribution in [0.25, 0.3) is 0 Å². The van der Waals surface area contributed by atoms with Crippen LogP contribution in [0, 0.1) is 0 Å². The van der Waals surface area contributed by atoms with Crippen molar-refractivity contribution in [3.63, 3.8) is 0 Å². The number of hydrogen-bond acceptors (Lipinski definition) is 4. The highest BCUT2D eigenvalue weighted by Crippen LogP contribution is 2.39. The van der Waals surface area contributed by atoms with Crippen LogP contribution < -0.4 is 5.73 Å². The molecule has 1 saturated heterocycles. The quantitative estimate of drug-likeness (QED) is 0.783. The minimum absolute atomic E-state index is 0.269. The van der Waals surface area contributed by atoms with Gasteiger partial charge in [-0.1, -0.05) is 0 Å². The van der Waals surface area contributed by atoms with E-state index in [0.29, 0.717) is 6.10 Å². The molecule has 1 saturated carbocycles. The van der Waals surface area contributed by atoms with E-state index in [4.69, 9.17) is 10.5 Å². The number of rotatable bonds is 3. The molecule has 0 spiro atoms. The third-order valence-corrected chi connectivity index (χ3v) is 4.87. The first-order chi connectivity index (χ1) is 7.30. The Bertz CT molecular complexity index is 199. The summed E-state index contributed by atoms with van der Waals surface area (Å²) in [7, 11) is 1.81. The molecular weight excluding hydrogens is 208 g/mol. The molecule has 0 bridgehead atoms. The van der Waals surface area contributed by atoms with E-state index >= 15 is 0 Å². The zero-order chi connectivity index (χ0) is 10.7. The second-order valence-electron chi connectivity index (χ2n) is 4.65. The Hall–Kier alpha value is 0.230. The van der Waals surface area contributed by atoms with Crippen molar-refractivity contribution in [3.05, 3.63) is 0 Å². The molecule has 0 aromatic heterocycles. The van der Waals surface area contributed by atoms with E-state index in [1.165, 1.54) is 31.0 Å². The summed E-state index contributed by atoms with van der Waals surface area (Å²) in [5, 5.41) is 0. The smallest absolute Gasteiger partial charge is 0.0607 e. The molecule has 0 amide bonds. The van der Waals surface area contributed by atoms with Crippen molar-refractivity contribution in [2.75, 3.05) is 38.2 Å². The minimum Gasteiger partial charge on any atom is -0.381 e. The Balaban J connectivity index is 1.94. The zero-order valence-corrected chi connectivity index (χ0v) is 10.4. The molecule has 0 aromatic rings. The van der Waals surface area contributed by atoms with Crippen LogP contribution in [0.1, 0.15) is 19.3 Å². The normalized spacial score (nSPS) is 38.4. The lowest BCUT2D eigenvalue weighted by atomic mass is 9.72. The van der Waals surface area contributed by atoms with Gasteiger partial charge in [0.15, 0.2) is 0 Å². The van der Waals surface area contributed by atoms with Crippen LogP contribution in [0.5, 0.6) is 0 Å². The molecule has 0 radical (unpaired) electrons. The third-order valence-electron chi connectivity index (χ3n) is 3.82. The summed E-state index contributed by atoms with van der Waals surface area (Å²) < 4.78 is 5.38. The molecule has 15 heavy (non-hydrogen) atoms. The van der Waals surface area contributed by atoms with Crippen molar-refractivity contribution in [2.24, 2.45) is 5.73 Å². The number of nitrogens with two attached hydrogens (primary N) is 1. The maximum absolute atomic E-state index is 5.96. The Labute approximate surface area is 96.7 Å². The van der Waals surface area contributed by atoms with Gasteiger partial charge in [0.1, 0.15) is 0 Å². The molecule has 0 aromatic carbocycles. The van der Waals surface area contributed by atoms with Crippen molar-refractivity contribution in [3.8, 4) is 0 Å². The minimum atomic E-state index is 0.269. The highest BCUT2D eigenvalue weighted by Gasteiger charge is 2.47. The molecule has 2 N–H and O–H groups in total. The molecule has 2 aliphatic rings. The Morgan fingerprint density at radius 1 is 1.40 bits per heavy atom. The number of nitrogens with zero attached hydrogens (tertiary/aromatic N) is 1. The molecule has 2 fully saturated rings. The van der Waals surface area contributed by atoms with Crippen LogP contribution in [0.4, 0.5) is 0 Å². The van der Waals surface area contributed by atoms with Crippen LogP contribution in [0.2, 0.25) is 0 Å². The lowest BCUT2D eigenvalue weighted by Gasteiger charge is -2.53. The molecule has 2 rings (SSSR count). The van der Waals surface area contributed by atoms with E-state index in [-0.39, 0.29) is 5.54 Å². The third kappa shape index (κ3) is 2.33. The fourth-order valence-corrected chi connectivity index (χ4v) is 3.62. The molecule has 1 heterocycles. The Morgan fingerprint density at radius 2 is 2.20 bits per heavy atom. The van der Waals surface area contributed by atoms with Crippen molar-refractivity contribution >= 4 is 11.8 Å². The van der Waals surface area contributed by atoms with Gasteiger partial charge in [-0.05, 0) is 31.6 Å². The number of ether oxygens (including phenoxy) is 1. The lowest BCUT2D eigenvalue weighted by molar-refractivity contribution is -0.0847. The molecule has 88 valence electrons. The monoisotopic (exact) mass is 230 g/mol. The van der Waals surface area contributed by atoms with Crippen molar-refractivity contribution in [2.45, 2.75) is 30.9 Å². The van der Waals surface area contributed by atoms with Gasteiger partial charge in [0.05, 0.1) is 6.10 Å². The largest absolute Gasteiger partial charge is 0.381 e. The lowest BCUT2D eigenvalue weighted by Crippen LogP contribution is -2.64. The maximum atomic E-state index is 5.96. The van der Waals surface area contributed by atoms with Crippen LogP contribution in [0.3, 0.4) is 0 Å². The van der Waals surface area contributed by atoms with Crippen LogP contribution in [-0.4, -0.2) is 54.8 Å². The second-order valence-corrected chi connectivity index (χ2v) is 5.87. The van der Waals surface area contributed by atoms with E-state index in [1.54, 1.807) is 0 Å². The summed E-state index contributed by atoms with van der Waals surface area (Å²) >= 11 is 2.07. The summed E-state index contributed by atoms with van der Waals surface area (Å²) in [6.45, 7) is 3.22. The number of thioether (sulfide) groups is 1. The van der Waals surface area contributed by atoms with Crippen LogP contribution in [-0.2, 0) is 4.74 Å². The van der Waals surface area contributed by atoms with E-state index < -0.39 is 0 Å². The molecule has 1 aliphatic heterocycles. The number of methoxy groups -OCH3 is 1. The topological polar surface area (TPSA) is 38.5 Å². The van der Waals surface area contributed by atoms with E-state index in [9.17, 15) is 0 Å². The Kier molecular flexibility index (Phi) is 3.93. The predicted octanol–water partition coefficient (Wildman–Crippen LogP) is 0.932. The van der Waals surface area contributed by atoms with Gasteiger partial charge in [-0.25, -0.2) is 0 Å².